The minimum absolute atomic E-state index is 0.184. The average molecular weight is 232 g/mol. The number of phenols is 1. The molecule has 2 aromatic carbocycles. The van der Waals surface area contributed by atoms with E-state index in [0.717, 1.165) is 22.3 Å². The fourth-order valence-corrected chi connectivity index (χ4v) is 2.66. The van der Waals surface area contributed by atoms with Crippen molar-refractivity contribution in [3.8, 4) is 5.75 Å². The predicted octanol–water partition coefficient (Wildman–Crippen LogP) is 3.02. The average Bonchev–Trinajstić information content (AvgIpc) is 2.59. The molecule has 0 bridgehead atoms. The van der Waals surface area contributed by atoms with E-state index in [9.17, 15) is 9.90 Å². The number of hydrogen-bond donors (Lipinski definition) is 1. The lowest BCUT2D eigenvalue weighted by atomic mass is 10.0. The van der Waals surface area contributed by atoms with E-state index in [0.29, 0.717) is 15.7 Å². The topological polar surface area (TPSA) is 50.4 Å². The van der Waals surface area contributed by atoms with Gasteiger partial charge in [-0.1, -0.05) is 29.5 Å². The van der Waals surface area contributed by atoms with E-state index in [1.165, 1.54) is 0 Å². The van der Waals surface area contributed by atoms with Crippen molar-refractivity contribution < 1.29 is 9.52 Å². The summed E-state index contributed by atoms with van der Waals surface area (Å²) < 4.78 is 5.85. The monoisotopic (exact) mass is 232 g/mol. The summed E-state index contributed by atoms with van der Waals surface area (Å²) in [6.45, 7) is 1.93. The van der Waals surface area contributed by atoms with Crippen LogP contribution < -0.4 is 4.94 Å². The van der Waals surface area contributed by atoms with Crippen molar-refractivity contribution in [3.63, 3.8) is 0 Å². The summed E-state index contributed by atoms with van der Waals surface area (Å²) in [5.74, 6) is 0.184. The fourth-order valence-electron chi connectivity index (χ4n) is 1.94. The van der Waals surface area contributed by atoms with Crippen LogP contribution in [0.1, 0.15) is 5.56 Å². The van der Waals surface area contributed by atoms with Gasteiger partial charge >= 0.3 is 4.94 Å². The highest BCUT2D eigenvalue weighted by Gasteiger charge is 2.12. The molecular weight excluding hydrogens is 224 g/mol. The number of aromatic hydroxyl groups is 1. The molecule has 0 aliphatic heterocycles. The van der Waals surface area contributed by atoms with Crippen LogP contribution in [-0.2, 0) is 0 Å². The van der Waals surface area contributed by atoms with Crippen molar-refractivity contribution in [2.24, 2.45) is 0 Å². The molecule has 80 valence electrons. The number of hydrogen-bond acceptors (Lipinski definition) is 4. The van der Waals surface area contributed by atoms with Crippen molar-refractivity contribution in [1.29, 1.82) is 0 Å². The molecule has 0 fully saturated rings. The molecule has 0 saturated heterocycles. The van der Waals surface area contributed by atoms with Crippen LogP contribution >= 0.6 is 11.3 Å². The van der Waals surface area contributed by atoms with Gasteiger partial charge in [0.15, 0.2) is 5.58 Å². The minimum atomic E-state index is -0.342. The van der Waals surface area contributed by atoms with Crippen molar-refractivity contribution in [1.82, 2.24) is 0 Å². The molecule has 0 unspecified atom stereocenters. The number of benzene rings is 2. The zero-order valence-electron chi connectivity index (χ0n) is 8.48. The van der Waals surface area contributed by atoms with Crippen molar-refractivity contribution in [2.75, 3.05) is 0 Å². The van der Waals surface area contributed by atoms with Crippen LogP contribution in [0.15, 0.2) is 33.5 Å². The Balaban J connectivity index is 2.71. The maximum absolute atomic E-state index is 11.2. The van der Waals surface area contributed by atoms with E-state index in [-0.39, 0.29) is 10.7 Å². The van der Waals surface area contributed by atoms with Crippen LogP contribution in [0.4, 0.5) is 0 Å². The van der Waals surface area contributed by atoms with E-state index in [2.05, 4.69) is 0 Å². The lowest BCUT2D eigenvalue weighted by Gasteiger charge is -2.03. The Hall–Kier alpha value is -1.81. The summed E-state index contributed by atoms with van der Waals surface area (Å²) in [6.07, 6.45) is 0. The molecule has 0 radical (unpaired) electrons. The van der Waals surface area contributed by atoms with Gasteiger partial charge in [0.1, 0.15) is 5.75 Å². The number of fused-ring (bicyclic) bond motifs is 3. The lowest BCUT2D eigenvalue weighted by molar-refractivity contribution is 0.482. The van der Waals surface area contributed by atoms with Crippen molar-refractivity contribution in [3.05, 3.63) is 39.6 Å². The molecule has 16 heavy (non-hydrogen) atoms. The maximum atomic E-state index is 11.2. The zero-order chi connectivity index (χ0) is 11.3. The Labute approximate surface area is 94.6 Å². The summed E-state index contributed by atoms with van der Waals surface area (Å²) in [4.78, 5) is 10.9. The molecule has 0 saturated carbocycles. The van der Waals surface area contributed by atoms with Crippen LogP contribution in [-0.4, -0.2) is 5.11 Å². The van der Waals surface area contributed by atoms with Gasteiger partial charge in [-0.05, 0) is 12.5 Å². The summed E-state index contributed by atoms with van der Waals surface area (Å²) in [6, 6.07) is 7.19. The van der Waals surface area contributed by atoms with Gasteiger partial charge in [-0.15, -0.1) is 0 Å². The van der Waals surface area contributed by atoms with E-state index in [4.69, 9.17) is 4.42 Å². The lowest BCUT2D eigenvalue weighted by Crippen LogP contribution is -1.82. The van der Waals surface area contributed by atoms with Gasteiger partial charge in [0.2, 0.25) is 0 Å². The molecule has 0 amide bonds. The first-order valence-corrected chi connectivity index (χ1v) is 5.63. The van der Waals surface area contributed by atoms with Crippen LogP contribution in [0.3, 0.4) is 0 Å². The molecule has 4 heteroatoms. The Morgan fingerprint density at radius 1 is 1.38 bits per heavy atom. The van der Waals surface area contributed by atoms with E-state index in [1.54, 1.807) is 6.07 Å². The maximum Gasteiger partial charge on any atom is 0.396 e. The van der Waals surface area contributed by atoms with E-state index < -0.39 is 0 Å². The van der Waals surface area contributed by atoms with Crippen LogP contribution in [0.5, 0.6) is 5.75 Å². The standard InChI is InChI=1S/C12H8O3S/c1-6-3-2-4-7-8(13)5-9-11(10(6)7)15-12(14)16-9/h2-5,13H,1H3. The molecule has 1 N–H and O–H groups in total. The Kier molecular flexibility index (Phi) is 1.82. The van der Waals surface area contributed by atoms with Crippen molar-refractivity contribution in [2.45, 2.75) is 6.92 Å². The molecule has 0 aliphatic carbocycles. The SMILES string of the molecule is Cc1cccc2c(O)cc3sc(=O)oc3c12. The van der Waals surface area contributed by atoms with Gasteiger partial charge in [0.05, 0.1) is 4.70 Å². The number of rotatable bonds is 0. The van der Waals surface area contributed by atoms with E-state index in [1.807, 2.05) is 25.1 Å². The summed E-state index contributed by atoms with van der Waals surface area (Å²) in [5, 5.41) is 11.4. The van der Waals surface area contributed by atoms with Gasteiger partial charge in [0.25, 0.3) is 0 Å². The van der Waals surface area contributed by atoms with Gasteiger partial charge in [-0.25, -0.2) is 4.79 Å². The zero-order valence-corrected chi connectivity index (χ0v) is 9.30. The van der Waals surface area contributed by atoms with Gasteiger partial charge < -0.3 is 9.52 Å². The third-order valence-electron chi connectivity index (χ3n) is 2.65. The molecule has 0 aliphatic rings. The first-order chi connectivity index (χ1) is 7.66. The van der Waals surface area contributed by atoms with Crippen molar-refractivity contribution >= 4 is 32.4 Å². The molecule has 1 heterocycles. The van der Waals surface area contributed by atoms with E-state index >= 15 is 0 Å². The molecule has 3 rings (SSSR count). The van der Waals surface area contributed by atoms with Crippen LogP contribution in [0, 0.1) is 6.92 Å². The summed E-state index contributed by atoms with van der Waals surface area (Å²) in [7, 11) is 0. The van der Waals surface area contributed by atoms with Gasteiger partial charge in [-0.2, -0.15) is 0 Å². The molecule has 3 nitrogen and oxygen atoms in total. The quantitative estimate of drug-likeness (QED) is 0.648. The molecule has 3 aromatic rings. The second-order valence-corrected chi connectivity index (χ2v) is 4.65. The third-order valence-corrected chi connectivity index (χ3v) is 3.42. The number of aryl methyl sites for hydroxylation is 1. The van der Waals surface area contributed by atoms with Crippen LogP contribution in [0.2, 0.25) is 0 Å². The van der Waals surface area contributed by atoms with Gasteiger partial charge in [0, 0.05) is 16.8 Å². The third kappa shape index (κ3) is 1.17. The Bertz CT molecular complexity index is 752. The normalized spacial score (nSPS) is 11.3. The molecular formula is C12H8O3S. The first kappa shape index (κ1) is 9.42. The summed E-state index contributed by atoms with van der Waals surface area (Å²) >= 11 is 1.01. The molecule has 0 atom stereocenters. The Morgan fingerprint density at radius 2 is 2.19 bits per heavy atom. The first-order valence-electron chi connectivity index (χ1n) is 4.82. The van der Waals surface area contributed by atoms with Gasteiger partial charge in [-0.3, -0.25) is 0 Å². The highest BCUT2D eigenvalue weighted by molar-refractivity contribution is 7.16. The highest BCUT2D eigenvalue weighted by atomic mass is 32.1. The highest BCUT2D eigenvalue weighted by Crippen LogP contribution is 2.35. The second-order valence-electron chi connectivity index (χ2n) is 3.67. The van der Waals surface area contributed by atoms with Crippen LogP contribution in [0.25, 0.3) is 21.1 Å². The molecule has 1 aromatic heterocycles. The molecule has 0 spiro atoms. The second kappa shape index (κ2) is 3.09. The Morgan fingerprint density at radius 3 is 3.00 bits per heavy atom. The fraction of sp³-hybridized carbons (Fsp3) is 0.0833. The summed E-state index contributed by atoms with van der Waals surface area (Å²) in [5.41, 5.74) is 1.56. The minimum Gasteiger partial charge on any atom is -0.507 e. The smallest absolute Gasteiger partial charge is 0.396 e. The predicted molar refractivity (Wildman–Crippen MR) is 64.3 cm³/mol. The number of phenolic OH excluding ortho intramolecular Hbond substituents is 1. The largest absolute Gasteiger partial charge is 0.507 e.